The summed E-state index contributed by atoms with van der Waals surface area (Å²) in [4.78, 5) is 15.9. The number of thiazole rings is 1. The van der Waals surface area contributed by atoms with Crippen LogP contribution in [0, 0.1) is 0 Å². The van der Waals surface area contributed by atoms with Gasteiger partial charge in [0.25, 0.3) is 0 Å². The largest absolute Gasteiger partial charge is 0.322 e. The number of rotatable bonds is 7. The Bertz CT molecular complexity index is 506. The molecule has 0 bridgehead atoms. The summed E-state index contributed by atoms with van der Waals surface area (Å²) in [7, 11) is -3.00. The molecule has 1 aromatic rings. The molecule has 0 aliphatic heterocycles. The standard InChI is InChI=1S/C11H18N2O3S2/c1-3-18(15,16)6-4-5-10(14)9-7-17-11(13-9)8(2)12/h7-8H,3-6,12H2,1-2H3. The molecule has 0 radical (unpaired) electrons. The van der Waals surface area contributed by atoms with Crippen LogP contribution >= 0.6 is 11.3 Å². The first-order chi connectivity index (χ1) is 8.35. The Morgan fingerprint density at radius 2 is 2.22 bits per heavy atom. The fourth-order valence-corrected chi connectivity index (χ4v) is 3.00. The fourth-order valence-electron chi connectivity index (χ4n) is 1.35. The average Bonchev–Trinajstić information content (AvgIpc) is 2.78. The summed E-state index contributed by atoms with van der Waals surface area (Å²) in [5.74, 6) is 0.0520. The third-order valence-corrected chi connectivity index (χ3v) is 5.33. The highest BCUT2D eigenvalue weighted by Gasteiger charge is 2.14. The molecule has 1 heterocycles. The molecule has 18 heavy (non-hydrogen) atoms. The lowest BCUT2D eigenvalue weighted by Crippen LogP contribution is -2.11. The first-order valence-electron chi connectivity index (χ1n) is 5.80. The van der Waals surface area contributed by atoms with E-state index in [9.17, 15) is 13.2 Å². The second kappa shape index (κ2) is 6.40. The van der Waals surface area contributed by atoms with Gasteiger partial charge in [-0.05, 0) is 13.3 Å². The molecule has 0 aromatic carbocycles. The maximum absolute atomic E-state index is 11.8. The molecule has 1 rings (SSSR count). The molecule has 2 N–H and O–H groups in total. The van der Waals surface area contributed by atoms with Gasteiger partial charge in [0, 0.05) is 17.6 Å². The van der Waals surface area contributed by atoms with E-state index in [0.29, 0.717) is 12.1 Å². The number of carbonyl (C=O) groups excluding carboxylic acids is 1. The summed E-state index contributed by atoms with van der Waals surface area (Å²) in [5.41, 5.74) is 6.05. The van der Waals surface area contributed by atoms with Gasteiger partial charge in [-0.25, -0.2) is 13.4 Å². The lowest BCUT2D eigenvalue weighted by Gasteiger charge is -2.00. The highest BCUT2D eigenvalue weighted by atomic mass is 32.2. The summed E-state index contributed by atoms with van der Waals surface area (Å²) in [6.07, 6.45) is 0.557. The molecule has 0 aliphatic carbocycles. The number of hydrogen-bond donors (Lipinski definition) is 1. The highest BCUT2D eigenvalue weighted by molar-refractivity contribution is 7.91. The molecule has 0 saturated carbocycles. The highest BCUT2D eigenvalue weighted by Crippen LogP contribution is 2.17. The molecule has 0 spiro atoms. The first-order valence-corrected chi connectivity index (χ1v) is 8.50. The lowest BCUT2D eigenvalue weighted by atomic mass is 10.2. The second-order valence-corrected chi connectivity index (χ2v) is 7.49. The topological polar surface area (TPSA) is 90.1 Å². The predicted octanol–water partition coefficient (Wildman–Crippen LogP) is 1.56. The van der Waals surface area contributed by atoms with Gasteiger partial charge in [0.2, 0.25) is 0 Å². The molecule has 0 saturated heterocycles. The van der Waals surface area contributed by atoms with Crippen molar-refractivity contribution in [2.24, 2.45) is 5.73 Å². The normalized spacial score (nSPS) is 13.5. The summed E-state index contributed by atoms with van der Waals surface area (Å²) in [6.45, 7) is 3.41. The number of ketones is 1. The van der Waals surface area contributed by atoms with Crippen molar-refractivity contribution in [1.82, 2.24) is 4.98 Å². The maximum atomic E-state index is 11.8. The number of carbonyl (C=O) groups is 1. The van der Waals surface area contributed by atoms with Gasteiger partial charge in [-0.3, -0.25) is 4.79 Å². The Labute approximate surface area is 111 Å². The Morgan fingerprint density at radius 1 is 1.56 bits per heavy atom. The van der Waals surface area contributed by atoms with Crippen LogP contribution < -0.4 is 5.73 Å². The lowest BCUT2D eigenvalue weighted by molar-refractivity contribution is 0.0977. The van der Waals surface area contributed by atoms with Gasteiger partial charge in [0.1, 0.15) is 20.5 Å². The molecular weight excluding hydrogens is 272 g/mol. The Hall–Kier alpha value is -0.790. The van der Waals surface area contributed by atoms with Gasteiger partial charge in [0.05, 0.1) is 11.8 Å². The van der Waals surface area contributed by atoms with Gasteiger partial charge in [-0.15, -0.1) is 11.3 Å². The van der Waals surface area contributed by atoms with E-state index < -0.39 is 9.84 Å². The van der Waals surface area contributed by atoms with Crippen LogP contribution in [0.4, 0.5) is 0 Å². The summed E-state index contributed by atoms with van der Waals surface area (Å²) in [5, 5.41) is 2.40. The van der Waals surface area contributed by atoms with E-state index in [-0.39, 0.29) is 29.8 Å². The zero-order chi connectivity index (χ0) is 13.8. The number of hydrogen-bond acceptors (Lipinski definition) is 6. The average molecular weight is 290 g/mol. The van der Waals surface area contributed by atoms with Crippen molar-refractivity contribution in [2.45, 2.75) is 32.7 Å². The quantitative estimate of drug-likeness (QED) is 0.770. The summed E-state index contributed by atoms with van der Waals surface area (Å²) >= 11 is 1.35. The van der Waals surface area contributed by atoms with Crippen molar-refractivity contribution in [3.8, 4) is 0 Å². The third kappa shape index (κ3) is 4.47. The Morgan fingerprint density at radius 3 is 2.72 bits per heavy atom. The van der Waals surface area contributed by atoms with Crippen LogP contribution in [0.5, 0.6) is 0 Å². The molecular formula is C11H18N2O3S2. The predicted molar refractivity (Wildman–Crippen MR) is 72.6 cm³/mol. The minimum absolute atomic E-state index is 0.0551. The van der Waals surface area contributed by atoms with Crippen LogP contribution in [-0.4, -0.2) is 30.7 Å². The molecule has 0 amide bonds. The van der Waals surface area contributed by atoms with Crippen LogP contribution in [0.1, 0.15) is 48.2 Å². The molecule has 1 unspecified atom stereocenters. The maximum Gasteiger partial charge on any atom is 0.182 e. The zero-order valence-electron chi connectivity index (χ0n) is 10.5. The fraction of sp³-hybridized carbons (Fsp3) is 0.636. The van der Waals surface area contributed by atoms with E-state index in [4.69, 9.17) is 5.73 Å². The van der Waals surface area contributed by atoms with Gasteiger partial charge in [0.15, 0.2) is 5.78 Å². The van der Waals surface area contributed by atoms with E-state index in [1.165, 1.54) is 11.3 Å². The van der Waals surface area contributed by atoms with Gasteiger partial charge >= 0.3 is 0 Å². The number of Topliss-reactive ketones (excluding diaryl/α,β-unsaturated/α-hetero) is 1. The van der Waals surface area contributed by atoms with E-state index in [1.807, 2.05) is 0 Å². The first kappa shape index (κ1) is 15.3. The minimum atomic E-state index is -3.00. The molecule has 5 nitrogen and oxygen atoms in total. The van der Waals surface area contributed by atoms with E-state index >= 15 is 0 Å². The van der Waals surface area contributed by atoms with E-state index in [2.05, 4.69) is 4.98 Å². The van der Waals surface area contributed by atoms with Crippen molar-refractivity contribution in [1.29, 1.82) is 0 Å². The van der Waals surface area contributed by atoms with Crippen molar-refractivity contribution < 1.29 is 13.2 Å². The van der Waals surface area contributed by atoms with Crippen LogP contribution in [0.25, 0.3) is 0 Å². The monoisotopic (exact) mass is 290 g/mol. The van der Waals surface area contributed by atoms with Crippen LogP contribution in [0.15, 0.2) is 5.38 Å². The molecule has 102 valence electrons. The zero-order valence-corrected chi connectivity index (χ0v) is 12.2. The molecule has 1 atom stereocenters. The smallest absolute Gasteiger partial charge is 0.182 e. The molecule has 0 fully saturated rings. The minimum Gasteiger partial charge on any atom is -0.322 e. The molecule has 7 heteroatoms. The van der Waals surface area contributed by atoms with Crippen LogP contribution in [0.3, 0.4) is 0 Å². The van der Waals surface area contributed by atoms with Gasteiger partial charge in [-0.2, -0.15) is 0 Å². The van der Waals surface area contributed by atoms with Crippen molar-refractivity contribution in [3.63, 3.8) is 0 Å². The summed E-state index contributed by atoms with van der Waals surface area (Å²) in [6, 6.07) is -0.183. The van der Waals surface area contributed by atoms with Crippen LogP contribution in [0.2, 0.25) is 0 Å². The molecule has 1 aromatic heterocycles. The van der Waals surface area contributed by atoms with E-state index in [1.54, 1.807) is 19.2 Å². The number of nitrogens with zero attached hydrogens (tertiary/aromatic N) is 1. The molecule has 0 aliphatic rings. The summed E-state index contributed by atoms with van der Waals surface area (Å²) < 4.78 is 22.5. The SMILES string of the molecule is CCS(=O)(=O)CCCC(=O)c1csc(C(C)N)n1. The van der Waals surface area contributed by atoms with Crippen molar-refractivity contribution in [3.05, 3.63) is 16.1 Å². The number of nitrogens with two attached hydrogens (primary N) is 1. The van der Waals surface area contributed by atoms with Gasteiger partial charge < -0.3 is 5.73 Å². The van der Waals surface area contributed by atoms with Crippen molar-refractivity contribution >= 4 is 27.0 Å². The number of aromatic nitrogens is 1. The van der Waals surface area contributed by atoms with Gasteiger partial charge in [-0.1, -0.05) is 6.92 Å². The third-order valence-electron chi connectivity index (χ3n) is 2.50. The Balaban J connectivity index is 2.50. The van der Waals surface area contributed by atoms with Crippen molar-refractivity contribution in [2.75, 3.05) is 11.5 Å². The van der Waals surface area contributed by atoms with E-state index in [0.717, 1.165) is 5.01 Å². The number of sulfone groups is 1. The Kier molecular flexibility index (Phi) is 5.43. The van der Waals surface area contributed by atoms with Crippen LogP contribution in [-0.2, 0) is 9.84 Å². The second-order valence-electron chi connectivity index (χ2n) is 4.12.